The van der Waals surface area contributed by atoms with Crippen LogP contribution in [0.1, 0.15) is 23.2 Å². The number of aromatic nitrogens is 3. The number of nitrogens with one attached hydrogen (secondary N) is 2. The molecule has 3 heterocycles. The summed E-state index contributed by atoms with van der Waals surface area (Å²) in [6.45, 7) is 3.87. The lowest BCUT2D eigenvalue weighted by molar-refractivity contribution is -0.125. The summed E-state index contributed by atoms with van der Waals surface area (Å²) < 4.78 is 5.35. The number of oxime groups is 1. The van der Waals surface area contributed by atoms with Crippen molar-refractivity contribution < 1.29 is 14.4 Å². The zero-order valence-electron chi connectivity index (χ0n) is 15.2. The fourth-order valence-electron chi connectivity index (χ4n) is 3.23. The lowest BCUT2D eigenvalue weighted by Gasteiger charge is -2.09. The van der Waals surface area contributed by atoms with Crippen LogP contribution in [0.2, 0.25) is 0 Å². The number of anilines is 1. The van der Waals surface area contributed by atoms with Crippen LogP contribution in [-0.2, 0) is 9.63 Å². The number of ether oxygens (including phenoxy) is 1. The number of nitrogens with zero attached hydrogens (tertiary/aromatic N) is 3. The van der Waals surface area contributed by atoms with Gasteiger partial charge in [-0.2, -0.15) is 5.10 Å². The van der Waals surface area contributed by atoms with Gasteiger partial charge in [0.25, 0.3) is 5.91 Å². The lowest BCUT2D eigenvalue weighted by Crippen LogP contribution is -2.28. The van der Waals surface area contributed by atoms with E-state index in [0.717, 1.165) is 22.2 Å². The zero-order chi connectivity index (χ0) is 19.0. The average molecular weight is 365 g/mol. The van der Waals surface area contributed by atoms with Gasteiger partial charge in [-0.1, -0.05) is 17.3 Å². The first-order chi connectivity index (χ1) is 13.1. The summed E-state index contributed by atoms with van der Waals surface area (Å²) in [6, 6.07) is 9.45. The van der Waals surface area contributed by atoms with E-state index in [1.807, 2.05) is 44.2 Å². The molecule has 1 amide bonds. The average Bonchev–Trinajstić information content (AvgIpc) is 3.29. The maximum Gasteiger partial charge on any atom is 0.269 e. The van der Waals surface area contributed by atoms with Crippen molar-refractivity contribution in [2.24, 2.45) is 5.16 Å². The van der Waals surface area contributed by atoms with E-state index in [2.05, 4.69) is 25.7 Å². The molecule has 8 nitrogen and oxygen atoms in total. The number of para-hydroxylation sites is 1. The van der Waals surface area contributed by atoms with Gasteiger partial charge < -0.3 is 14.9 Å². The fourth-order valence-corrected chi connectivity index (χ4v) is 3.23. The van der Waals surface area contributed by atoms with Crippen molar-refractivity contribution in [3.8, 4) is 5.75 Å². The summed E-state index contributed by atoms with van der Waals surface area (Å²) in [7, 11) is 1.60. The Morgan fingerprint density at radius 2 is 2.15 bits per heavy atom. The van der Waals surface area contributed by atoms with Crippen LogP contribution in [0.5, 0.6) is 5.75 Å². The van der Waals surface area contributed by atoms with Crippen LogP contribution in [0.4, 0.5) is 5.82 Å². The minimum absolute atomic E-state index is 0.308. The van der Waals surface area contributed by atoms with E-state index in [0.29, 0.717) is 29.3 Å². The Kier molecular flexibility index (Phi) is 4.23. The Hall–Kier alpha value is -3.42. The normalized spacial score (nSPS) is 16.1. The van der Waals surface area contributed by atoms with Gasteiger partial charge in [0.2, 0.25) is 6.10 Å². The number of rotatable bonds is 4. The van der Waals surface area contributed by atoms with Crippen molar-refractivity contribution in [2.45, 2.75) is 26.4 Å². The van der Waals surface area contributed by atoms with Gasteiger partial charge in [-0.15, -0.1) is 0 Å². The second kappa shape index (κ2) is 6.71. The highest BCUT2D eigenvalue weighted by atomic mass is 16.6. The molecule has 138 valence electrons. The molecule has 2 aromatic heterocycles. The van der Waals surface area contributed by atoms with Gasteiger partial charge in [0, 0.05) is 17.7 Å². The number of fused-ring (bicyclic) bond motifs is 1. The van der Waals surface area contributed by atoms with Crippen LogP contribution >= 0.6 is 0 Å². The van der Waals surface area contributed by atoms with E-state index in [9.17, 15) is 4.79 Å². The van der Waals surface area contributed by atoms with E-state index in [1.165, 1.54) is 0 Å². The topological polar surface area (TPSA) is 101 Å². The molecule has 0 aliphatic carbocycles. The monoisotopic (exact) mass is 365 g/mol. The van der Waals surface area contributed by atoms with Gasteiger partial charge in [0.1, 0.15) is 5.75 Å². The number of methoxy groups -OCH3 is 1. The minimum atomic E-state index is -0.727. The maximum atomic E-state index is 12.7. The van der Waals surface area contributed by atoms with Crippen molar-refractivity contribution in [3.63, 3.8) is 0 Å². The first-order valence-corrected chi connectivity index (χ1v) is 8.56. The predicted octanol–water partition coefficient (Wildman–Crippen LogP) is 2.72. The zero-order valence-corrected chi connectivity index (χ0v) is 15.2. The number of aryl methyl sites for hydroxylation is 2. The van der Waals surface area contributed by atoms with Crippen LogP contribution in [0, 0.1) is 13.8 Å². The molecule has 1 aromatic carbocycles. The molecule has 0 spiro atoms. The van der Waals surface area contributed by atoms with Gasteiger partial charge in [0.15, 0.2) is 11.5 Å². The number of aromatic amines is 1. The minimum Gasteiger partial charge on any atom is -0.496 e. The van der Waals surface area contributed by atoms with E-state index in [1.54, 1.807) is 7.11 Å². The van der Waals surface area contributed by atoms with E-state index < -0.39 is 6.10 Å². The van der Waals surface area contributed by atoms with Crippen LogP contribution in [0.3, 0.4) is 0 Å². The third-order valence-electron chi connectivity index (χ3n) is 4.48. The van der Waals surface area contributed by atoms with Crippen molar-refractivity contribution in [1.29, 1.82) is 0 Å². The Morgan fingerprint density at radius 3 is 2.96 bits per heavy atom. The Balaban J connectivity index is 1.51. The van der Waals surface area contributed by atoms with E-state index in [-0.39, 0.29) is 5.91 Å². The van der Waals surface area contributed by atoms with Gasteiger partial charge in [0.05, 0.1) is 18.2 Å². The number of carbonyl (C=O) groups is 1. The standard InChI is InChI=1S/C19H19N5O3/c1-10-8-11(2)20-17-16(10)18(23-22-17)21-19(25)15-9-13(24-27-15)12-6-4-5-7-14(12)26-3/h4-8,15H,9H2,1-3H3,(H2,20,21,22,23,25). The highest BCUT2D eigenvalue weighted by Gasteiger charge is 2.31. The van der Waals surface area contributed by atoms with E-state index >= 15 is 0 Å². The van der Waals surface area contributed by atoms with Crippen molar-refractivity contribution >= 4 is 28.5 Å². The SMILES string of the molecule is COc1ccccc1C1=NOC(C(=O)Nc2n[nH]c3nc(C)cc(C)c23)C1. The molecule has 8 heteroatoms. The van der Waals surface area contributed by atoms with Gasteiger partial charge in [-0.3, -0.25) is 9.89 Å². The number of hydrogen-bond acceptors (Lipinski definition) is 6. The summed E-state index contributed by atoms with van der Waals surface area (Å²) in [5.74, 6) is 0.822. The Bertz CT molecular complexity index is 1060. The number of hydrogen-bond donors (Lipinski definition) is 2. The van der Waals surface area contributed by atoms with E-state index in [4.69, 9.17) is 9.57 Å². The molecule has 1 atom stereocenters. The molecule has 1 unspecified atom stereocenters. The van der Waals surface area contributed by atoms with Gasteiger partial charge in [-0.25, -0.2) is 4.98 Å². The molecule has 2 N–H and O–H groups in total. The van der Waals surface area contributed by atoms with Crippen LogP contribution in [0.15, 0.2) is 35.5 Å². The number of benzene rings is 1. The van der Waals surface area contributed by atoms with Crippen molar-refractivity contribution in [1.82, 2.24) is 15.2 Å². The fraction of sp³-hybridized carbons (Fsp3) is 0.263. The highest BCUT2D eigenvalue weighted by molar-refractivity contribution is 6.08. The second-order valence-corrected chi connectivity index (χ2v) is 6.40. The van der Waals surface area contributed by atoms with Crippen LogP contribution < -0.4 is 10.1 Å². The molecular weight excluding hydrogens is 346 g/mol. The number of amides is 1. The second-order valence-electron chi connectivity index (χ2n) is 6.40. The third kappa shape index (κ3) is 3.10. The lowest BCUT2D eigenvalue weighted by atomic mass is 10.0. The smallest absolute Gasteiger partial charge is 0.269 e. The van der Waals surface area contributed by atoms with Crippen LogP contribution in [0.25, 0.3) is 11.0 Å². The summed E-state index contributed by atoms with van der Waals surface area (Å²) in [6.07, 6.45) is -0.374. The summed E-state index contributed by atoms with van der Waals surface area (Å²) in [4.78, 5) is 22.4. The Labute approximate surface area is 155 Å². The summed E-state index contributed by atoms with van der Waals surface area (Å²) in [5.41, 5.74) is 4.00. The molecule has 0 fully saturated rings. The molecule has 0 saturated heterocycles. The first-order valence-electron chi connectivity index (χ1n) is 8.56. The largest absolute Gasteiger partial charge is 0.496 e. The molecule has 4 rings (SSSR count). The number of carbonyl (C=O) groups excluding carboxylic acids is 1. The maximum absolute atomic E-state index is 12.7. The molecule has 27 heavy (non-hydrogen) atoms. The van der Waals surface area contributed by atoms with Crippen molar-refractivity contribution in [2.75, 3.05) is 12.4 Å². The first kappa shape index (κ1) is 17.0. The quantitative estimate of drug-likeness (QED) is 0.740. The highest BCUT2D eigenvalue weighted by Crippen LogP contribution is 2.27. The molecule has 0 radical (unpaired) electrons. The molecule has 0 saturated carbocycles. The van der Waals surface area contributed by atoms with Gasteiger partial charge >= 0.3 is 0 Å². The molecule has 1 aliphatic heterocycles. The molecule has 3 aromatic rings. The number of pyridine rings is 1. The number of H-pyrrole nitrogens is 1. The molecular formula is C19H19N5O3. The Morgan fingerprint density at radius 1 is 1.33 bits per heavy atom. The van der Waals surface area contributed by atoms with Crippen molar-refractivity contribution in [3.05, 3.63) is 47.2 Å². The molecule has 1 aliphatic rings. The third-order valence-corrected chi connectivity index (χ3v) is 4.48. The summed E-state index contributed by atoms with van der Waals surface area (Å²) in [5, 5.41) is 14.7. The molecule has 0 bridgehead atoms. The van der Waals surface area contributed by atoms with Crippen LogP contribution in [-0.4, -0.2) is 40.0 Å². The van der Waals surface area contributed by atoms with Gasteiger partial charge in [-0.05, 0) is 37.6 Å². The predicted molar refractivity (Wildman–Crippen MR) is 101 cm³/mol. The summed E-state index contributed by atoms with van der Waals surface area (Å²) >= 11 is 0.